The summed E-state index contributed by atoms with van der Waals surface area (Å²) in [5.41, 5.74) is 5.32. The van der Waals surface area contributed by atoms with Crippen molar-refractivity contribution >= 4 is 18.4 Å². The van der Waals surface area contributed by atoms with Gasteiger partial charge in [-0.15, -0.1) is 0 Å². The Labute approximate surface area is 161 Å². The fourth-order valence-electron chi connectivity index (χ4n) is 3.63. The molecule has 2 aromatic rings. The highest BCUT2D eigenvalue weighted by molar-refractivity contribution is 7.89. The average Bonchev–Trinajstić information content (AvgIpc) is 2.53. The van der Waals surface area contributed by atoms with Crippen LogP contribution in [0, 0.1) is 41.5 Å². The molecule has 0 aliphatic heterocycles. The molecule has 0 aromatic heterocycles. The van der Waals surface area contributed by atoms with E-state index in [1.165, 1.54) is 0 Å². The lowest BCUT2D eigenvalue weighted by Crippen LogP contribution is -2.15. The first-order chi connectivity index (χ1) is 12.4. The van der Waals surface area contributed by atoms with Crippen LogP contribution in [-0.2, 0) is 27.0 Å². The van der Waals surface area contributed by atoms with E-state index in [4.69, 9.17) is 0 Å². The average molecular weight is 386 g/mol. The summed E-state index contributed by atoms with van der Waals surface area (Å²) < 4.78 is 12.7. The third-order valence-corrected chi connectivity index (χ3v) is 6.68. The molecule has 5 heteroatoms. The molecular weight excluding hydrogens is 359 g/mol. The van der Waals surface area contributed by atoms with Crippen LogP contribution >= 0.6 is 7.37 Å². The summed E-state index contributed by atoms with van der Waals surface area (Å²) in [4.78, 5) is 35.4. The Morgan fingerprint density at radius 3 is 1.22 bits per heavy atom. The van der Waals surface area contributed by atoms with E-state index in [2.05, 4.69) is 0 Å². The van der Waals surface area contributed by atoms with E-state index in [0.29, 0.717) is 0 Å². The summed E-state index contributed by atoms with van der Waals surface area (Å²) in [7, 11) is -4.59. The highest BCUT2D eigenvalue weighted by atomic mass is 31.2. The Morgan fingerprint density at radius 1 is 0.704 bits per heavy atom. The lowest BCUT2D eigenvalue weighted by Gasteiger charge is -2.15. The topological polar surface area (TPSA) is 71.4 Å². The lowest BCUT2D eigenvalue weighted by atomic mass is 9.98. The SMILES string of the molecule is Cc1cc(C)c(CC(=O)P(=O)(O)C(=O)Cc2c(C)cc(C)cc2C)c(C)c1. The highest BCUT2D eigenvalue weighted by Gasteiger charge is 2.37. The van der Waals surface area contributed by atoms with E-state index in [1.54, 1.807) is 0 Å². The predicted molar refractivity (Wildman–Crippen MR) is 109 cm³/mol. The third-order valence-electron chi connectivity index (χ3n) is 5.01. The standard InChI is InChI=1S/C22H27O4P/c1-13-7-15(3)19(16(4)8-13)11-21(23)27(25,26)22(24)12-20-17(5)9-14(2)10-18(20)6/h7-10H,11-12H2,1-6H3,(H,25,26). The van der Waals surface area contributed by atoms with E-state index >= 15 is 0 Å². The van der Waals surface area contributed by atoms with Gasteiger partial charge in [-0.25, -0.2) is 0 Å². The van der Waals surface area contributed by atoms with Crippen molar-refractivity contribution in [2.75, 3.05) is 0 Å². The Morgan fingerprint density at radius 2 is 0.963 bits per heavy atom. The van der Waals surface area contributed by atoms with Gasteiger partial charge in [0.05, 0.1) is 0 Å². The number of rotatable bonds is 6. The molecule has 27 heavy (non-hydrogen) atoms. The van der Waals surface area contributed by atoms with Crippen LogP contribution in [0.1, 0.15) is 44.5 Å². The number of carbonyl (C=O) groups is 2. The molecule has 0 fully saturated rings. The molecular formula is C22H27O4P. The van der Waals surface area contributed by atoms with Gasteiger partial charge in [0.25, 0.3) is 0 Å². The summed E-state index contributed by atoms with van der Waals surface area (Å²) >= 11 is 0. The molecule has 0 spiro atoms. The second kappa shape index (κ2) is 7.92. The summed E-state index contributed by atoms with van der Waals surface area (Å²) in [6, 6.07) is 7.72. The van der Waals surface area contributed by atoms with E-state index in [-0.39, 0.29) is 12.8 Å². The number of hydrogen-bond donors (Lipinski definition) is 1. The van der Waals surface area contributed by atoms with Crippen molar-refractivity contribution in [3.63, 3.8) is 0 Å². The molecule has 0 radical (unpaired) electrons. The van der Waals surface area contributed by atoms with Gasteiger partial charge in [-0.05, 0) is 74.9 Å². The molecule has 4 nitrogen and oxygen atoms in total. The quantitative estimate of drug-likeness (QED) is 0.734. The largest absolute Gasteiger partial charge is 0.334 e. The molecule has 2 rings (SSSR count). The van der Waals surface area contributed by atoms with Crippen LogP contribution in [-0.4, -0.2) is 15.9 Å². The predicted octanol–water partition coefficient (Wildman–Crippen LogP) is 4.65. The van der Waals surface area contributed by atoms with Crippen LogP contribution in [0.3, 0.4) is 0 Å². The van der Waals surface area contributed by atoms with Gasteiger partial charge in [0.15, 0.2) is 0 Å². The molecule has 0 heterocycles. The van der Waals surface area contributed by atoms with Crippen molar-refractivity contribution in [3.05, 3.63) is 68.8 Å². The smallest absolute Gasteiger partial charge is 0.328 e. The molecule has 0 unspecified atom stereocenters. The first-order valence-corrected chi connectivity index (χ1v) is 10.6. The highest BCUT2D eigenvalue weighted by Crippen LogP contribution is 2.45. The van der Waals surface area contributed by atoms with Crippen molar-refractivity contribution in [1.82, 2.24) is 0 Å². The summed E-state index contributed by atoms with van der Waals surface area (Å²) in [5, 5.41) is 0. The van der Waals surface area contributed by atoms with Gasteiger partial charge >= 0.3 is 7.37 Å². The molecule has 0 aliphatic carbocycles. The third kappa shape index (κ3) is 4.63. The van der Waals surface area contributed by atoms with Gasteiger partial charge in [0.2, 0.25) is 11.0 Å². The maximum absolute atomic E-state index is 12.7. The molecule has 1 N–H and O–H groups in total. The van der Waals surface area contributed by atoms with Crippen LogP contribution in [0.25, 0.3) is 0 Å². The Kier molecular flexibility index (Phi) is 6.24. The number of benzene rings is 2. The minimum Gasteiger partial charge on any atom is -0.334 e. The second-order valence-corrected chi connectivity index (χ2v) is 9.62. The molecule has 0 saturated carbocycles. The van der Waals surface area contributed by atoms with Crippen LogP contribution in [0.5, 0.6) is 0 Å². The summed E-state index contributed by atoms with van der Waals surface area (Å²) in [5.74, 6) is 0. The van der Waals surface area contributed by atoms with Crippen LogP contribution < -0.4 is 0 Å². The number of aryl methyl sites for hydroxylation is 6. The van der Waals surface area contributed by atoms with Gasteiger partial charge < -0.3 is 4.89 Å². The zero-order valence-corrected chi connectivity index (χ0v) is 17.7. The fourth-order valence-corrected chi connectivity index (χ4v) is 4.66. The minimum atomic E-state index is -4.59. The van der Waals surface area contributed by atoms with Gasteiger partial charge in [0.1, 0.15) is 0 Å². The first kappa shape index (κ1) is 21.3. The second-order valence-electron chi connectivity index (χ2n) is 7.47. The van der Waals surface area contributed by atoms with Gasteiger partial charge in [-0.1, -0.05) is 35.4 Å². The molecule has 2 aromatic carbocycles. The van der Waals surface area contributed by atoms with Crippen LogP contribution in [0.4, 0.5) is 0 Å². The van der Waals surface area contributed by atoms with Gasteiger partial charge in [0, 0.05) is 12.8 Å². The monoisotopic (exact) mass is 386 g/mol. The Bertz CT molecular complexity index is 851. The molecule has 144 valence electrons. The normalized spacial score (nSPS) is 11.5. The molecule has 0 bridgehead atoms. The van der Waals surface area contributed by atoms with Crippen molar-refractivity contribution in [2.24, 2.45) is 0 Å². The van der Waals surface area contributed by atoms with Crippen molar-refractivity contribution in [2.45, 2.75) is 54.4 Å². The zero-order chi connectivity index (χ0) is 20.5. The van der Waals surface area contributed by atoms with E-state index in [9.17, 15) is 19.0 Å². The minimum absolute atomic E-state index is 0.205. The van der Waals surface area contributed by atoms with E-state index < -0.39 is 18.4 Å². The molecule has 0 saturated heterocycles. The fraction of sp³-hybridized carbons (Fsp3) is 0.364. The molecule has 0 atom stereocenters. The lowest BCUT2D eigenvalue weighted by molar-refractivity contribution is -0.115. The zero-order valence-electron chi connectivity index (χ0n) is 16.8. The van der Waals surface area contributed by atoms with Gasteiger partial charge in [-0.3, -0.25) is 14.2 Å². The number of carbonyl (C=O) groups excluding carboxylic acids is 2. The van der Waals surface area contributed by atoms with Gasteiger partial charge in [-0.2, -0.15) is 0 Å². The Balaban J connectivity index is 2.26. The molecule has 0 amide bonds. The summed E-state index contributed by atoms with van der Waals surface area (Å²) in [6.45, 7) is 11.4. The van der Waals surface area contributed by atoms with Crippen molar-refractivity contribution < 1.29 is 19.0 Å². The van der Waals surface area contributed by atoms with E-state index in [0.717, 1.165) is 44.5 Å². The van der Waals surface area contributed by atoms with Crippen molar-refractivity contribution in [3.8, 4) is 0 Å². The maximum Gasteiger partial charge on any atom is 0.328 e. The number of hydrogen-bond acceptors (Lipinski definition) is 3. The van der Waals surface area contributed by atoms with E-state index in [1.807, 2.05) is 65.8 Å². The maximum atomic E-state index is 12.7. The Hall–Kier alpha value is -2.03. The summed E-state index contributed by atoms with van der Waals surface area (Å²) in [6.07, 6.45) is -0.410. The van der Waals surface area contributed by atoms with Crippen LogP contribution in [0.15, 0.2) is 24.3 Å². The van der Waals surface area contributed by atoms with Crippen LogP contribution in [0.2, 0.25) is 0 Å². The molecule has 0 aliphatic rings. The van der Waals surface area contributed by atoms with Crippen molar-refractivity contribution in [1.29, 1.82) is 0 Å². The first-order valence-electron chi connectivity index (χ1n) is 8.96.